The molecule has 0 saturated carbocycles. The first-order valence-electron chi connectivity index (χ1n) is 6.01. The minimum absolute atomic E-state index is 0.335. The Bertz CT molecular complexity index is 617. The van der Waals surface area contributed by atoms with Crippen LogP contribution >= 0.6 is 0 Å². The Balaban J connectivity index is 1.94. The molecule has 1 N–H and O–H groups in total. The van der Waals surface area contributed by atoms with Crippen molar-refractivity contribution in [1.82, 2.24) is 10.3 Å². The van der Waals surface area contributed by atoms with Crippen molar-refractivity contribution in [3.63, 3.8) is 0 Å². The van der Waals surface area contributed by atoms with E-state index in [1.807, 2.05) is 31.2 Å². The van der Waals surface area contributed by atoms with Crippen molar-refractivity contribution in [2.45, 2.75) is 20.0 Å². The molecule has 4 heteroatoms. The van der Waals surface area contributed by atoms with Crippen LogP contribution < -0.4 is 5.32 Å². The average molecular weight is 255 g/mol. The summed E-state index contributed by atoms with van der Waals surface area (Å²) in [6.45, 7) is 2.93. The smallest absolute Gasteiger partial charge is 0.129 e. The Labute approximate surface area is 111 Å². The summed E-state index contributed by atoms with van der Waals surface area (Å²) < 4.78 is 13.6. The molecular weight excluding hydrogens is 241 g/mol. The van der Waals surface area contributed by atoms with E-state index in [2.05, 4.69) is 10.3 Å². The molecule has 3 nitrogen and oxygen atoms in total. The number of halogens is 1. The van der Waals surface area contributed by atoms with Crippen molar-refractivity contribution in [2.24, 2.45) is 0 Å². The summed E-state index contributed by atoms with van der Waals surface area (Å²) in [5.41, 5.74) is 2.77. The van der Waals surface area contributed by atoms with Crippen LogP contribution in [0.25, 0.3) is 0 Å². The second-order valence-corrected chi connectivity index (χ2v) is 4.29. The maximum absolute atomic E-state index is 13.6. The van der Waals surface area contributed by atoms with Crippen LogP contribution in [0.1, 0.15) is 22.5 Å². The fourth-order valence-corrected chi connectivity index (χ4v) is 1.78. The number of benzene rings is 1. The van der Waals surface area contributed by atoms with Gasteiger partial charge < -0.3 is 5.32 Å². The molecule has 0 saturated heterocycles. The minimum atomic E-state index is -0.358. The van der Waals surface area contributed by atoms with Gasteiger partial charge in [-0.05, 0) is 31.2 Å². The Morgan fingerprint density at radius 1 is 1.26 bits per heavy atom. The van der Waals surface area contributed by atoms with Crippen molar-refractivity contribution in [3.05, 3.63) is 64.7 Å². The van der Waals surface area contributed by atoms with Gasteiger partial charge in [-0.15, -0.1) is 0 Å². The highest BCUT2D eigenvalue weighted by molar-refractivity contribution is 5.32. The van der Waals surface area contributed by atoms with Crippen LogP contribution in [0.4, 0.5) is 4.39 Å². The van der Waals surface area contributed by atoms with E-state index >= 15 is 0 Å². The molecule has 1 heterocycles. The number of aryl methyl sites for hydroxylation is 1. The topological polar surface area (TPSA) is 48.7 Å². The molecule has 0 aliphatic rings. The van der Waals surface area contributed by atoms with Gasteiger partial charge in [0.15, 0.2) is 0 Å². The van der Waals surface area contributed by atoms with E-state index in [9.17, 15) is 4.39 Å². The molecule has 0 atom stereocenters. The highest BCUT2D eigenvalue weighted by Gasteiger charge is 2.03. The van der Waals surface area contributed by atoms with Crippen LogP contribution in [0.2, 0.25) is 0 Å². The molecule has 0 aliphatic heterocycles. The molecule has 0 spiro atoms. The van der Waals surface area contributed by atoms with E-state index in [4.69, 9.17) is 5.26 Å². The number of aromatic nitrogens is 1. The van der Waals surface area contributed by atoms with Crippen molar-refractivity contribution < 1.29 is 4.39 Å². The maximum Gasteiger partial charge on any atom is 0.129 e. The lowest BCUT2D eigenvalue weighted by atomic mass is 10.1. The second kappa shape index (κ2) is 6.07. The predicted octanol–water partition coefficient (Wildman–Crippen LogP) is 2.69. The average Bonchev–Trinajstić information content (AvgIpc) is 2.40. The van der Waals surface area contributed by atoms with E-state index in [1.54, 1.807) is 12.1 Å². The highest BCUT2D eigenvalue weighted by atomic mass is 19.1. The zero-order valence-electron chi connectivity index (χ0n) is 10.7. The van der Waals surface area contributed by atoms with Gasteiger partial charge in [0.2, 0.25) is 0 Å². The number of pyridine rings is 1. The van der Waals surface area contributed by atoms with E-state index in [0.29, 0.717) is 24.2 Å². The zero-order chi connectivity index (χ0) is 13.7. The number of hydrogen-bond donors (Lipinski definition) is 1. The third-order valence-corrected chi connectivity index (χ3v) is 2.75. The van der Waals surface area contributed by atoms with Crippen molar-refractivity contribution in [2.75, 3.05) is 0 Å². The standard InChI is InChI=1S/C15H14FN3/c1-11-3-2-4-14(19-11)10-18-9-13-6-5-12(8-17)7-15(13)16/h2-7,18H,9-10H2,1H3. The quantitative estimate of drug-likeness (QED) is 0.913. The summed E-state index contributed by atoms with van der Waals surface area (Å²) in [7, 11) is 0. The van der Waals surface area contributed by atoms with Gasteiger partial charge in [0.05, 0.1) is 17.3 Å². The van der Waals surface area contributed by atoms with Crippen molar-refractivity contribution in [3.8, 4) is 6.07 Å². The lowest BCUT2D eigenvalue weighted by Gasteiger charge is -2.06. The van der Waals surface area contributed by atoms with Crippen LogP contribution in [0.15, 0.2) is 36.4 Å². The summed E-state index contributed by atoms with van der Waals surface area (Å²) in [4.78, 5) is 4.35. The van der Waals surface area contributed by atoms with Gasteiger partial charge in [-0.1, -0.05) is 12.1 Å². The Kier molecular flexibility index (Phi) is 4.22. The molecule has 0 radical (unpaired) electrons. The fraction of sp³-hybridized carbons (Fsp3) is 0.200. The first-order valence-corrected chi connectivity index (χ1v) is 6.01. The molecule has 0 amide bonds. The van der Waals surface area contributed by atoms with E-state index in [-0.39, 0.29) is 5.82 Å². The van der Waals surface area contributed by atoms with E-state index in [0.717, 1.165) is 11.4 Å². The summed E-state index contributed by atoms with van der Waals surface area (Å²) in [5, 5.41) is 11.8. The molecule has 0 aliphatic carbocycles. The normalized spacial score (nSPS) is 10.2. The predicted molar refractivity (Wildman–Crippen MR) is 70.6 cm³/mol. The highest BCUT2D eigenvalue weighted by Crippen LogP contribution is 2.10. The molecule has 0 unspecified atom stereocenters. The third kappa shape index (κ3) is 3.60. The monoisotopic (exact) mass is 255 g/mol. The van der Waals surface area contributed by atoms with Gasteiger partial charge in [-0.3, -0.25) is 4.98 Å². The molecular formula is C15H14FN3. The molecule has 0 fully saturated rings. The third-order valence-electron chi connectivity index (χ3n) is 2.75. The summed E-state index contributed by atoms with van der Waals surface area (Å²) in [6, 6.07) is 12.2. The Morgan fingerprint density at radius 2 is 2.11 bits per heavy atom. The van der Waals surface area contributed by atoms with E-state index < -0.39 is 0 Å². The Hall–Kier alpha value is -2.25. The van der Waals surface area contributed by atoms with Crippen LogP contribution in [0, 0.1) is 24.1 Å². The van der Waals surface area contributed by atoms with Crippen molar-refractivity contribution in [1.29, 1.82) is 5.26 Å². The van der Waals surface area contributed by atoms with E-state index in [1.165, 1.54) is 6.07 Å². The number of nitrogens with zero attached hydrogens (tertiary/aromatic N) is 2. The number of nitriles is 1. The van der Waals surface area contributed by atoms with Crippen LogP contribution in [-0.2, 0) is 13.1 Å². The van der Waals surface area contributed by atoms with Crippen LogP contribution in [0.3, 0.4) is 0 Å². The number of hydrogen-bond acceptors (Lipinski definition) is 3. The molecule has 19 heavy (non-hydrogen) atoms. The largest absolute Gasteiger partial charge is 0.307 e. The molecule has 1 aromatic heterocycles. The molecule has 2 aromatic rings. The first-order chi connectivity index (χ1) is 9.19. The fourth-order valence-electron chi connectivity index (χ4n) is 1.78. The van der Waals surface area contributed by atoms with Gasteiger partial charge in [0, 0.05) is 24.3 Å². The lowest BCUT2D eigenvalue weighted by Crippen LogP contribution is -2.14. The molecule has 2 rings (SSSR count). The first kappa shape index (κ1) is 13.2. The minimum Gasteiger partial charge on any atom is -0.307 e. The lowest BCUT2D eigenvalue weighted by molar-refractivity contribution is 0.585. The summed E-state index contributed by atoms with van der Waals surface area (Å²) >= 11 is 0. The SMILES string of the molecule is Cc1cccc(CNCc2ccc(C#N)cc2F)n1. The Morgan fingerprint density at radius 3 is 2.79 bits per heavy atom. The summed E-state index contributed by atoms with van der Waals surface area (Å²) in [5.74, 6) is -0.358. The molecule has 96 valence electrons. The zero-order valence-corrected chi connectivity index (χ0v) is 10.7. The van der Waals surface area contributed by atoms with Gasteiger partial charge in [-0.2, -0.15) is 5.26 Å². The van der Waals surface area contributed by atoms with Gasteiger partial charge in [-0.25, -0.2) is 4.39 Å². The van der Waals surface area contributed by atoms with Crippen molar-refractivity contribution >= 4 is 0 Å². The second-order valence-electron chi connectivity index (χ2n) is 4.29. The van der Waals surface area contributed by atoms with Gasteiger partial charge >= 0.3 is 0 Å². The number of rotatable bonds is 4. The molecule has 1 aromatic carbocycles. The van der Waals surface area contributed by atoms with Gasteiger partial charge in [0.25, 0.3) is 0 Å². The summed E-state index contributed by atoms with van der Waals surface area (Å²) in [6.07, 6.45) is 0. The van der Waals surface area contributed by atoms with Crippen LogP contribution in [0.5, 0.6) is 0 Å². The van der Waals surface area contributed by atoms with Crippen LogP contribution in [-0.4, -0.2) is 4.98 Å². The van der Waals surface area contributed by atoms with Gasteiger partial charge in [0.1, 0.15) is 5.82 Å². The maximum atomic E-state index is 13.6. The molecule has 0 bridgehead atoms. The number of nitrogens with one attached hydrogen (secondary N) is 1.